The Bertz CT molecular complexity index is 1630. The summed E-state index contributed by atoms with van der Waals surface area (Å²) in [5.74, 6) is 0. The molecule has 0 unspecified atom stereocenters. The van der Waals surface area contributed by atoms with Crippen LogP contribution in [0.25, 0.3) is 27.8 Å². The Morgan fingerprint density at radius 1 is 0.692 bits per heavy atom. The van der Waals surface area contributed by atoms with Crippen LogP contribution in [0.15, 0.2) is 146 Å². The molecule has 0 aromatic heterocycles. The molecule has 1 aliphatic rings. The van der Waals surface area contributed by atoms with Gasteiger partial charge in [-0.25, -0.2) is 0 Å². The molecular formula is C37H30N2. The first-order valence-corrected chi connectivity index (χ1v) is 13.0. The molecule has 188 valence electrons. The average molecular weight is 503 g/mol. The Morgan fingerprint density at radius 2 is 1.21 bits per heavy atom. The molecule has 0 saturated carbocycles. The predicted octanol–water partition coefficient (Wildman–Crippen LogP) is 8.73. The van der Waals surface area contributed by atoms with Crippen LogP contribution in [-0.2, 0) is 5.41 Å². The Hall–Kier alpha value is -5.13. The van der Waals surface area contributed by atoms with Crippen LogP contribution in [0.4, 0.5) is 0 Å². The highest BCUT2D eigenvalue weighted by molar-refractivity contribution is 5.88. The third-order valence-corrected chi connectivity index (χ3v) is 7.42. The summed E-state index contributed by atoms with van der Waals surface area (Å²) in [7, 11) is 0. The summed E-state index contributed by atoms with van der Waals surface area (Å²) in [5.41, 5.74) is 16.3. The first kappa shape index (κ1) is 25.5. The van der Waals surface area contributed by atoms with E-state index in [0.717, 1.165) is 11.1 Å². The first-order valence-electron chi connectivity index (χ1n) is 13.0. The highest BCUT2D eigenvalue weighted by atomic mass is 14.5. The van der Waals surface area contributed by atoms with Gasteiger partial charge in [0.2, 0.25) is 0 Å². The molecule has 0 heterocycles. The van der Waals surface area contributed by atoms with Crippen LogP contribution in [0.2, 0.25) is 0 Å². The second kappa shape index (κ2) is 11.1. The normalized spacial score (nSPS) is 12.5. The van der Waals surface area contributed by atoms with Crippen LogP contribution >= 0.6 is 0 Å². The predicted molar refractivity (Wildman–Crippen MR) is 163 cm³/mol. The lowest BCUT2D eigenvalue weighted by molar-refractivity contribution is 0.769. The molecule has 0 fully saturated rings. The molecular weight excluding hydrogens is 472 g/mol. The summed E-state index contributed by atoms with van der Waals surface area (Å²) in [4.78, 5) is 0. The largest absolute Gasteiger partial charge is 0.337 e. The van der Waals surface area contributed by atoms with Crippen molar-refractivity contribution in [2.24, 2.45) is 5.73 Å². The molecule has 0 amide bonds. The van der Waals surface area contributed by atoms with E-state index >= 15 is 0 Å². The molecule has 2 nitrogen and oxygen atoms in total. The van der Waals surface area contributed by atoms with E-state index in [2.05, 4.69) is 146 Å². The second-order valence-electron chi connectivity index (χ2n) is 9.52. The van der Waals surface area contributed by atoms with Gasteiger partial charge >= 0.3 is 0 Å². The zero-order valence-corrected chi connectivity index (χ0v) is 22.0. The van der Waals surface area contributed by atoms with Gasteiger partial charge in [0.1, 0.15) is 0 Å². The number of fused-ring (bicyclic) bond motifs is 3. The molecule has 39 heavy (non-hydrogen) atoms. The van der Waals surface area contributed by atoms with Crippen LogP contribution < -0.4 is 5.73 Å². The lowest BCUT2D eigenvalue weighted by atomic mass is 9.67. The Labute approximate surface area is 231 Å². The molecule has 0 spiro atoms. The van der Waals surface area contributed by atoms with Gasteiger partial charge in [-0.15, -0.1) is 0 Å². The number of nitrogens with two attached hydrogens (primary N) is 1. The van der Waals surface area contributed by atoms with E-state index in [1.807, 2.05) is 13.0 Å². The summed E-state index contributed by atoms with van der Waals surface area (Å²) in [6.07, 6.45) is 5.33. The van der Waals surface area contributed by atoms with E-state index < -0.39 is 0 Å². The van der Waals surface area contributed by atoms with Gasteiger partial charge in [0.15, 0.2) is 6.19 Å². The second-order valence-corrected chi connectivity index (χ2v) is 9.52. The van der Waals surface area contributed by atoms with Gasteiger partial charge < -0.3 is 5.73 Å². The summed E-state index contributed by atoms with van der Waals surface area (Å²) in [6, 6.07) is 46.5. The molecule has 2 N–H and O–H groups in total. The SMILES string of the molecule is C=C(/C=C\C)c1ccc(-c2ccc3c(c2)C(c2ccccc2)(c2ccccc2)c2ccccc2-3)cc1.N#CN. The maximum atomic E-state index is 7.10. The monoisotopic (exact) mass is 502 g/mol. The van der Waals surface area contributed by atoms with Crippen molar-refractivity contribution in [3.8, 4) is 28.4 Å². The number of benzene rings is 5. The molecule has 0 atom stereocenters. The standard InChI is InChI=1S/C36H28.CH2N2/c1-3-12-26(2)27-19-21-28(22-20-27)29-23-24-33-32-17-10-11-18-34(32)36(35(33)25-29,30-13-6-4-7-14-30)31-15-8-5-9-16-31;2-1-3/h3-25H,2H2,1H3;2H2/b12-3-;. The molecule has 0 aliphatic heterocycles. The fraction of sp³-hybridized carbons (Fsp3) is 0.0541. The third kappa shape index (κ3) is 4.45. The molecule has 1 aliphatic carbocycles. The molecule has 6 rings (SSSR count). The quantitative estimate of drug-likeness (QED) is 0.146. The third-order valence-electron chi connectivity index (χ3n) is 7.42. The summed E-state index contributed by atoms with van der Waals surface area (Å²) in [5, 5.41) is 7.10. The van der Waals surface area contributed by atoms with Crippen molar-refractivity contribution in [1.29, 1.82) is 5.26 Å². The molecule has 2 heteroatoms. The number of hydrogen-bond donors (Lipinski definition) is 1. The number of nitrogens with zero attached hydrogens (tertiary/aromatic N) is 1. The van der Waals surface area contributed by atoms with Crippen LogP contribution in [-0.4, -0.2) is 0 Å². The number of nitriles is 1. The van der Waals surface area contributed by atoms with Crippen molar-refractivity contribution in [2.75, 3.05) is 0 Å². The van der Waals surface area contributed by atoms with Crippen molar-refractivity contribution in [2.45, 2.75) is 12.3 Å². The maximum absolute atomic E-state index is 7.10. The Morgan fingerprint density at radius 3 is 1.79 bits per heavy atom. The maximum Gasteiger partial charge on any atom is 0.173 e. The van der Waals surface area contributed by atoms with Crippen LogP contribution in [0.3, 0.4) is 0 Å². The summed E-state index contributed by atoms with van der Waals surface area (Å²) < 4.78 is 0. The van der Waals surface area contributed by atoms with Gasteiger partial charge in [0.05, 0.1) is 5.41 Å². The summed E-state index contributed by atoms with van der Waals surface area (Å²) in [6.45, 7) is 6.21. The molecule has 0 saturated heterocycles. The van der Waals surface area contributed by atoms with E-state index in [4.69, 9.17) is 5.26 Å². The minimum atomic E-state index is -0.370. The van der Waals surface area contributed by atoms with Crippen LogP contribution in [0, 0.1) is 11.5 Å². The van der Waals surface area contributed by atoms with Crippen molar-refractivity contribution in [3.05, 3.63) is 174 Å². The van der Waals surface area contributed by atoms with Gasteiger partial charge in [0.25, 0.3) is 0 Å². The minimum absolute atomic E-state index is 0.370. The highest BCUT2D eigenvalue weighted by Gasteiger charge is 2.45. The zero-order valence-electron chi connectivity index (χ0n) is 22.0. The van der Waals surface area contributed by atoms with Crippen LogP contribution in [0.5, 0.6) is 0 Å². The summed E-state index contributed by atoms with van der Waals surface area (Å²) >= 11 is 0. The lowest BCUT2D eigenvalue weighted by Crippen LogP contribution is -2.28. The number of hydrogen-bond acceptors (Lipinski definition) is 2. The zero-order chi connectivity index (χ0) is 27.2. The minimum Gasteiger partial charge on any atom is -0.337 e. The fourth-order valence-electron chi connectivity index (χ4n) is 5.80. The number of rotatable bonds is 5. The molecule has 0 bridgehead atoms. The van der Waals surface area contributed by atoms with Crippen molar-refractivity contribution in [3.63, 3.8) is 0 Å². The smallest absolute Gasteiger partial charge is 0.173 e. The van der Waals surface area contributed by atoms with Crippen molar-refractivity contribution in [1.82, 2.24) is 0 Å². The van der Waals surface area contributed by atoms with E-state index in [9.17, 15) is 0 Å². The highest BCUT2D eigenvalue weighted by Crippen LogP contribution is 2.56. The van der Waals surface area contributed by atoms with Gasteiger partial charge in [-0.3, -0.25) is 0 Å². The first-order chi connectivity index (χ1) is 19.1. The Balaban J connectivity index is 0.000000983. The molecule has 5 aromatic rings. The van der Waals surface area contributed by atoms with Crippen molar-refractivity contribution >= 4 is 5.57 Å². The Kier molecular flexibility index (Phi) is 7.26. The topological polar surface area (TPSA) is 49.8 Å². The van der Waals surface area contributed by atoms with Crippen molar-refractivity contribution < 1.29 is 0 Å². The number of allylic oxidation sites excluding steroid dienone is 3. The van der Waals surface area contributed by atoms with Gasteiger partial charge in [-0.2, -0.15) is 5.26 Å². The van der Waals surface area contributed by atoms with E-state index in [0.29, 0.717) is 0 Å². The molecule has 0 radical (unpaired) electrons. The lowest BCUT2D eigenvalue weighted by Gasteiger charge is -2.34. The molecule has 5 aromatic carbocycles. The van der Waals surface area contributed by atoms with E-state index in [-0.39, 0.29) is 5.41 Å². The van der Waals surface area contributed by atoms with Crippen LogP contribution in [0.1, 0.15) is 34.7 Å². The van der Waals surface area contributed by atoms with Gasteiger partial charge in [0, 0.05) is 0 Å². The van der Waals surface area contributed by atoms with Gasteiger partial charge in [-0.1, -0.05) is 140 Å². The van der Waals surface area contributed by atoms with E-state index in [1.165, 1.54) is 50.7 Å². The average Bonchev–Trinajstić information content (AvgIpc) is 3.29. The fourth-order valence-corrected chi connectivity index (χ4v) is 5.80. The van der Waals surface area contributed by atoms with Gasteiger partial charge in [-0.05, 0) is 68.6 Å². The van der Waals surface area contributed by atoms with E-state index in [1.54, 1.807) is 0 Å².